The molecule has 0 aromatic heterocycles. The van der Waals surface area contributed by atoms with Gasteiger partial charge in [0.15, 0.2) is 0 Å². The van der Waals surface area contributed by atoms with Crippen LogP contribution in [0.3, 0.4) is 0 Å². The summed E-state index contributed by atoms with van der Waals surface area (Å²) in [5.74, 6) is -0.207. The Morgan fingerprint density at radius 1 is 1.32 bits per heavy atom. The summed E-state index contributed by atoms with van der Waals surface area (Å²) in [5, 5.41) is 0. The zero-order valence-corrected chi connectivity index (χ0v) is 14.5. The van der Waals surface area contributed by atoms with E-state index in [0.717, 1.165) is 34.6 Å². The summed E-state index contributed by atoms with van der Waals surface area (Å²) in [6.07, 6.45) is 5.21. The molecule has 0 fully saturated rings. The monoisotopic (exact) mass is 331 g/mol. The van der Waals surface area contributed by atoms with Gasteiger partial charge in [-0.25, -0.2) is 4.39 Å². The van der Waals surface area contributed by atoms with Gasteiger partial charge in [-0.15, -0.1) is 11.6 Å². The minimum atomic E-state index is -0.207. The predicted octanol–water partition coefficient (Wildman–Crippen LogP) is 4.07. The van der Waals surface area contributed by atoms with Crippen LogP contribution in [-0.4, -0.2) is 11.4 Å². The van der Waals surface area contributed by atoms with Crippen LogP contribution in [0.2, 0.25) is 0 Å². The summed E-state index contributed by atoms with van der Waals surface area (Å²) in [5.41, 5.74) is 4.97. The first kappa shape index (κ1) is 16.3. The van der Waals surface area contributed by atoms with Crippen molar-refractivity contribution in [3.05, 3.63) is 65.1 Å². The topological polar surface area (TPSA) is 3.24 Å². The van der Waals surface area contributed by atoms with Crippen LogP contribution in [0.4, 0.5) is 4.39 Å². The summed E-state index contributed by atoms with van der Waals surface area (Å²) in [6, 6.07) is 4.84. The minimum Gasteiger partial charge on any atom is -0.376 e. The Bertz CT molecular complexity index is 558. The quantitative estimate of drug-likeness (QED) is 0.739. The zero-order valence-electron chi connectivity index (χ0n) is 11.6. The maximum absolute atomic E-state index is 13.2. The first-order valence-electron chi connectivity index (χ1n) is 6.08. The summed E-state index contributed by atoms with van der Waals surface area (Å²) in [7, 11) is 0. The van der Waals surface area contributed by atoms with Crippen LogP contribution < -0.4 is 0 Å². The minimum absolute atomic E-state index is 0. The van der Waals surface area contributed by atoms with Crippen LogP contribution in [0.15, 0.2) is 42.1 Å². The maximum Gasteiger partial charge on any atom is 0.121 e. The third-order valence-corrected chi connectivity index (χ3v) is 3.24. The number of hydrogen-bond donors (Lipinski definition) is 0. The fraction of sp³-hybridized carbons (Fsp3) is 0.250. The predicted molar refractivity (Wildman–Crippen MR) is 73.1 cm³/mol. The van der Waals surface area contributed by atoms with E-state index in [0.29, 0.717) is 0 Å². The molecule has 3 heteroatoms. The Hall–Kier alpha value is -0.726. The summed E-state index contributed by atoms with van der Waals surface area (Å²) >= 11 is 0. The van der Waals surface area contributed by atoms with Gasteiger partial charge in [0, 0.05) is 39.3 Å². The molecule has 0 amide bonds. The van der Waals surface area contributed by atoms with Gasteiger partial charge in [0.25, 0.3) is 0 Å². The van der Waals surface area contributed by atoms with Crippen molar-refractivity contribution in [1.29, 1.82) is 0 Å². The molecule has 1 heterocycles. The molecule has 0 spiro atoms. The molecule has 1 nitrogen and oxygen atoms in total. The fourth-order valence-electron chi connectivity index (χ4n) is 2.15. The molecule has 1 aromatic carbocycles. The molecule has 1 radical (unpaired) electrons. The van der Waals surface area contributed by atoms with Crippen molar-refractivity contribution >= 4 is 5.70 Å². The Kier molecular flexibility index (Phi) is 5.70. The Morgan fingerprint density at radius 3 is 2.58 bits per heavy atom. The first-order chi connectivity index (χ1) is 8.54. The van der Waals surface area contributed by atoms with E-state index in [1.807, 2.05) is 19.9 Å². The number of benzene rings is 1. The van der Waals surface area contributed by atoms with Gasteiger partial charge in [-0.1, -0.05) is 37.3 Å². The molecule has 1 aliphatic heterocycles. The molecule has 0 aliphatic carbocycles. The van der Waals surface area contributed by atoms with E-state index >= 15 is 0 Å². The van der Waals surface area contributed by atoms with Crippen molar-refractivity contribution in [1.82, 2.24) is 4.90 Å². The molecule has 0 atom stereocenters. The molecular formula is C16H17FNY-. The van der Waals surface area contributed by atoms with Crippen molar-refractivity contribution in [2.24, 2.45) is 0 Å². The van der Waals surface area contributed by atoms with E-state index in [1.165, 1.54) is 6.07 Å². The van der Waals surface area contributed by atoms with Crippen LogP contribution in [0.5, 0.6) is 0 Å². The van der Waals surface area contributed by atoms with Crippen LogP contribution in [-0.2, 0) is 32.7 Å². The number of aryl methyl sites for hydroxylation is 1. The largest absolute Gasteiger partial charge is 0.376 e. The average Bonchev–Trinajstić information content (AvgIpc) is 2.33. The van der Waals surface area contributed by atoms with Gasteiger partial charge in [-0.2, -0.15) is 12.2 Å². The molecule has 1 aliphatic rings. The molecule has 0 bridgehead atoms. The maximum atomic E-state index is 13.2. The molecule has 0 unspecified atom stereocenters. The van der Waals surface area contributed by atoms with Gasteiger partial charge in [0.1, 0.15) is 5.82 Å². The van der Waals surface area contributed by atoms with E-state index in [1.54, 1.807) is 12.1 Å². The van der Waals surface area contributed by atoms with Crippen molar-refractivity contribution in [3.63, 3.8) is 0 Å². The van der Waals surface area contributed by atoms with Crippen LogP contribution >= 0.6 is 0 Å². The fourth-order valence-corrected chi connectivity index (χ4v) is 2.15. The standard InChI is InChI=1S/C16H17FN.Y/c1-5-18-13(4)11(2)6-9-16(18)15-8-7-14(17)10-12(15)3;/h6-8,10H,4-5H2,1-3H3;/q-1;. The number of allylic oxidation sites excluding steroid dienone is 3. The Morgan fingerprint density at radius 2 is 2.00 bits per heavy atom. The summed E-state index contributed by atoms with van der Waals surface area (Å²) < 4.78 is 13.2. The molecule has 2 rings (SSSR count). The van der Waals surface area contributed by atoms with Crippen LogP contribution in [0, 0.1) is 18.8 Å². The Labute approximate surface area is 139 Å². The third-order valence-electron chi connectivity index (χ3n) is 3.24. The third kappa shape index (κ3) is 3.24. The van der Waals surface area contributed by atoms with Gasteiger partial charge < -0.3 is 4.90 Å². The molecular weight excluding hydrogens is 314 g/mol. The van der Waals surface area contributed by atoms with Crippen molar-refractivity contribution in [2.75, 3.05) is 6.54 Å². The second-order valence-electron chi connectivity index (χ2n) is 4.47. The van der Waals surface area contributed by atoms with Gasteiger partial charge in [-0.3, -0.25) is 0 Å². The van der Waals surface area contributed by atoms with E-state index < -0.39 is 0 Å². The van der Waals surface area contributed by atoms with Gasteiger partial charge in [0.05, 0.1) is 0 Å². The van der Waals surface area contributed by atoms with E-state index in [2.05, 4.69) is 24.5 Å². The number of halogens is 1. The van der Waals surface area contributed by atoms with Gasteiger partial charge in [0.2, 0.25) is 0 Å². The smallest absolute Gasteiger partial charge is 0.121 e. The van der Waals surface area contributed by atoms with E-state index in [-0.39, 0.29) is 38.5 Å². The summed E-state index contributed by atoms with van der Waals surface area (Å²) in [4.78, 5) is 2.11. The van der Waals surface area contributed by atoms with Crippen molar-refractivity contribution in [3.8, 4) is 0 Å². The molecule has 97 valence electrons. The van der Waals surface area contributed by atoms with Crippen molar-refractivity contribution < 1.29 is 37.1 Å². The average molecular weight is 331 g/mol. The normalized spacial score (nSPS) is 14.7. The summed E-state index contributed by atoms with van der Waals surface area (Å²) in [6.45, 7) is 10.9. The second kappa shape index (κ2) is 6.63. The molecule has 1 aromatic rings. The molecule has 19 heavy (non-hydrogen) atoms. The molecule has 0 saturated carbocycles. The first-order valence-corrected chi connectivity index (χ1v) is 6.08. The molecule has 0 saturated heterocycles. The van der Waals surface area contributed by atoms with E-state index in [9.17, 15) is 4.39 Å². The van der Waals surface area contributed by atoms with E-state index in [4.69, 9.17) is 0 Å². The van der Waals surface area contributed by atoms with Crippen molar-refractivity contribution in [2.45, 2.75) is 20.8 Å². The number of nitrogens with zero attached hydrogens (tertiary/aromatic N) is 1. The van der Waals surface area contributed by atoms with Gasteiger partial charge in [-0.05, 0) is 24.8 Å². The molecule has 0 N–H and O–H groups in total. The number of rotatable bonds is 2. The SMILES string of the molecule is C=C1C(C)=C[C-]=C(c2ccc(F)cc2C)N1CC.[Y]. The van der Waals surface area contributed by atoms with Gasteiger partial charge >= 0.3 is 0 Å². The van der Waals surface area contributed by atoms with Crippen LogP contribution in [0.1, 0.15) is 25.0 Å². The second-order valence-corrected chi connectivity index (χ2v) is 4.47. The van der Waals surface area contributed by atoms with Crippen LogP contribution in [0.25, 0.3) is 5.70 Å². The Balaban J connectivity index is 0.00000180. The number of hydrogen-bond acceptors (Lipinski definition) is 1. The zero-order chi connectivity index (χ0) is 13.3. The number of likely N-dealkylation sites (N-methyl/N-ethyl adjacent to an activating group) is 1.